The average molecular weight is 538 g/mol. The van der Waals surface area contributed by atoms with E-state index in [9.17, 15) is 0 Å². The topological polar surface area (TPSA) is 65.1 Å². The lowest BCUT2D eigenvalue weighted by molar-refractivity contribution is 0.336. The van der Waals surface area contributed by atoms with Crippen LogP contribution in [0.4, 0.5) is 17.5 Å². The van der Waals surface area contributed by atoms with Gasteiger partial charge in [-0.1, -0.05) is 46.9 Å². The van der Waals surface area contributed by atoms with Crippen molar-refractivity contribution in [3.63, 3.8) is 0 Å². The van der Waals surface area contributed by atoms with E-state index in [0.717, 1.165) is 48.9 Å². The Hall–Kier alpha value is -2.06. The standard InChI is InChI=1S/C24H27Cl3N6S/c1-33(2)22-17-5-3-4-6-20(17)30-23(32-22)29-16-9-7-14(8-10-16)13-28-24(34)31-21-18(26)11-15(25)12-19(21)27/h3-6,11-12,14,16H,7-10,13H2,1-2H3,(H2,28,31,34)(H,29,30,32). The molecule has 1 heterocycles. The molecule has 0 aliphatic heterocycles. The van der Waals surface area contributed by atoms with Crippen LogP contribution in [0.2, 0.25) is 15.1 Å². The first-order chi connectivity index (χ1) is 16.3. The number of thiocarbonyl (C=S) groups is 1. The van der Waals surface area contributed by atoms with Crippen LogP contribution in [-0.4, -0.2) is 41.8 Å². The Bertz CT molecular complexity index is 1160. The maximum atomic E-state index is 6.23. The molecule has 1 fully saturated rings. The zero-order chi connectivity index (χ0) is 24.2. The molecule has 3 aromatic rings. The number of para-hydroxylation sites is 1. The molecule has 0 bridgehead atoms. The Kier molecular flexibility index (Phi) is 8.19. The summed E-state index contributed by atoms with van der Waals surface area (Å²) in [5.74, 6) is 2.14. The Morgan fingerprint density at radius 2 is 1.71 bits per heavy atom. The molecular weight excluding hydrogens is 511 g/mol. The first kappa shape index (κ1) is 25.0. The second kappa shape index (κ2) is 11.1. The van der Waals surface area contributed by atoms with Crippen molar-refractivity contribution in [1.29, 1.82) is 0 Å². The molecule has 10 heteroatoms. The summed E-state index contributed by atoms with van der Waals surface area (Å²) < 4.78 is 0. The molecule has 2 aromatic carbocycles. The van der Waals surface area contributed by atoms with Gasteiger partial charge in [0, 0.05) is 37.1 Å². The number of fused-ring (bicyclic) bond motifs is 1. The Labute approximate surface area is 220 Å². The van der Waals surface area contributed by atoms with Gasteiger partial charge in [0.05, 0.1) is 21.2 Å². The first-order valence-electron chi connectivity index (χ1n) is 11.2. The molecule has 1 saturated carbocycles. The third-order valence-corrected chi connectivity index (χ3v) is 7.04. The van der Waals surface area contributed by atoms with Gasteiger partial charge in [-0.15, -0.1) is 0 Å². The molecule has 0 saturated heterocycles. The van der Waals surface area contributed by atoms with Crippen molar-refractivity contribution in [2.45, 2.75) is 31.7 Å². The maximum Gasteiger partial charge on any atom is 0.225 e. The van der Waals surface area contributed by atoms with Gasteiger partial charge >= 0.3 is 0 Å². The number of nitrogens with one attached hydrogen (secondary N) is 3. The van der Waals surface area contributed by atoms with Crippen molar-refractivity contribution in [3.05, 3.63) is 51.5 Å². The molecule has 1 aliphatic carbocycles. The second-order valence-electron chi connectivity index (χ2n) is 8.72. The average Bonchev–Trinajstić information content (AvgIpc) is 2.80. The van der Waals surface area contributed by atoms with Crippen LogP contribution in [0.3, 0.4) is 0 Å². The Morgan fingerprint density at radius 1 is 1.03 bits per heavy atom. The molecule has 0 spiro atoms. The van der Waals surface area contributed by atoms with Crippen molar-refractivity contribution >= 4 is 80.5 Å². The number of rotatable bonds is 6. The highest BCUT2D eigenvalue weighted by atomic mass is 35.5. The van der Waals surface area contributed by atoms with Gasteiger partial charge in [-0.25, -0.2) is 4.98 Å². The fraction of sp³-hybridized carbons (Fsp3) is 0.375. The van der Waals surface area contributed by atoms with E-state index in [4.69, 9.17) is 57.0 Å². The van der Waals surface area contributed by atoms with E-state index < -0.39 is 0 Å². The Morgan fingerprint density at radius 3 is 2.38 bits per heavy atom. The van der Waals surface area contributed by atoms with Crippen molar-refractivity contribution in [3.8, 4) is 0 Å². The number of hydrogen-bond acceptors (Lipinski definition) is 5. The summed E-state index contributed by atoms with van der Waals surface area (Å²) >= 11 is 23.9. The van der Waals surface area contributed by atoms with Crippen molar-refractivity contribution in [1.82, 2.24) is 15.3 Å². The van der Waals surface area contributed by atoms with E-state index in [1.54, 1.807) is 12.1 Å². The van der Waals surface area contributed by atoms with Crippen molar-refractivity contribution in [2.24, 2.45) is 5.92 Å². The normalized spacial score (nSPS) is 17.9. The molecular formula is C24H27Cl3N6S. The quantitative estimate of drug-likeness (QED) is 0.306. The van der Waals surface area contributed by atoms with Gasteiger partial charge in [0.15, 0.2) is 5.11 Å². The van der Waals surface area contributed by atoms with Crippen LogP contribution in [-0.2, 0) is 0 Å². The van der Waals surface area contributed by atoms with Crippen LogP contribution in [0, 0.1) is 5.92 Å². The number of halogens is 3. The predicted octanol–water partition coefficient (Wildman–Crippen LogP) is 6.61. The molecule has 0 radical (unpaired) electrons. The number of nitrogens with zero attached hydrogens (tertiary/aromatic N) is 3. The van der Waals surface area contributed by atoms with Gasteiger partial charge in [0.25, 0.3) is 0 Å². The lowest BCUT2D eigenvalue weighted by Crippen LogP contribution is -2.36. The molecule has 0 amide bonds. The highest BCUT2D eigenvalue weighted by Crippen LogP contribution is 2.34. The second-order valence-corrected chi connectivity index (χ2v) is 10.4. The van der Waals surface area contributed by atoms with Crippen LogP contribution >= 0.6 is 47.0 Å². The summed E-state index contributed by atoms with van der Waals surface area (Å²) in [6, 6.07) is 11.7. The lowest BCUT2D eigenvalue weighted by atomic mass is 9.86. The minimum atomic E-state index is 0.351. The molecule has 0 atom stereocenters. The van der Waals surface area contributed by atoms with Crippen LogP contribution in [0.1, 0.15) is 25.7 Å². The molecule has 4 rings (SSSR count). The number of aromatic nitrogens is 2. The molecule has 1 aromatic heterocycles. The third kappa shape index (κ3) is 6.13. The van der Waals surface area contributed by atoms with E-state index in [-0.39, 0.29) is 0 Å². The zero-order valence-electron chi connectivity index (χ0n) is 19.0. The molecule has 180 valence electrons. The first-order valence-corrected chi connectivity index (χ1v) is 12.7. The van der Waals surface area contributed by atoms with Gasteiger partial charge in [-0.3, -0.25) is 0 Å². The lowest BCUT2D eigenvalue weighted by Gasteiger charge is -2.30. The van der Waals surface area contributed by atoms with E-state index in [1.807, 2.05) is 37.2 Å². The number of anilines is 3. The van der Waals surface area contributed by atoms with Gasteiger partial charge in [-0.2, -0.15) is 4.98 Å². The molecule has 3 N–H and O–H groups in total. The molecule has 6 nitrogen and oxygen atoms in total. The predicted molar refractivity (Wildman–Crippen MR) is 149 cm³/mol. The van der Waals surface area contributed by atoms with Gasteiger partial charge in [-0.05, 0) is 68.1 Å². The molecule has 0 unspecified atom stereocenters. The third-order valence-electron chi connectivity index (χ3n) is 5.98. The smallest absolute Gasteiger partial charge is 0.225 e. The minimum absolute atomic E-state index is 0.351. The minimum Gasteiger partial charge on any atom is -0.362 e. The molecule has 1 aliphatic rings. The fourth-order valence-electron chi connectivity index (χ4n) is 4.22. The maximum absolute atomic E-state index is 6.23. The monoisotopic (exact) mass is 536 g/mol. The van der Waals surface area contributed by atoms with Crippen LogP contribution in [0.15, 0.2) is 36.4 Å². The van der Waals surface area contributed by atoms with Crippen LogP contribution in [0.25, 0.3) is 10.9 Å². The summed E-state index contributed by atoms with van der Waals surface area (Å²) in [4.78, 5) is 11.5. The number of hydrogen-bond donors (Lipinski definition) is 3. The summed E-state index contributed by atoms with van der Waals surface area (Å²) in [6.07, 6.45) is 4.28. The summed E-state index contributed by atoms with van der Waals surface area (Å²) in [5.41, 5.74) is 1.51. The van der Waals surface area contributed by atoms with Gasteiger partial charge < -0.3 is 20.9 Å². The van der Waals surface area contributed by atoms with Crippen LogP contribution < -0.4 is 20.9 Å². The fourth-order valence-corrected chi connectivity index (χ4v) is 5.31. The van der Waals surface area contributed by atoms with Crippen molar-refractivity contribution < 1.29 is 0 Å². The van der Waals surface area contributed by atoms with Crippen molar-refractivity contribution in [2.75, 3.05) is 36.2 Å². The largest absolute Gasteiger partial charge is 0.362 e. The Balaban J connectivity index is 1.28. The summed E-state index contributed by atoms with van der Waals surface area (Å²) in [6.45, 7) is 0.790. The van der Waals surface area contributed by atoms with E-state index >= 15 is 0 Å². The van der Waals surface area contributed by atoms with Gasteiger partial charge in [0.2, 0.25) is 5.95 Å². The number of benzene rings is 2. The van der Waals surface area contributed by atoms with E-state index in [0.29, 0.717) is 43.8 Å². The zero-order valence-corrected chi connectivity index (χ0v) is 22.1. The summed E-state index contributed by atoms with van der Waals surface area (Å²) in [5, 5.41) is 12.8. The SMILES string of the molecule is CN(C)c1nc(NC2CCC(CNC(=S)Nc3c(Cl)cc(Cl)cc3Cl)CC2)nc2ccccc12. The highest BCUT2D eigenvalue weighted by molar-refractivity contribution is 7.80. The summed E-state index contributed by atoms with van der Waals surface area (Å²) in [7, 11) is 4.01. The van der Waals surface area contributed by atoms with E-state index in [2.05, 4.69) is 22.0 Å². The van der Waals surface area contributed by atoms with Gasteiger partial charge in [0.1, 0.15) is 5.82 Å². The van der Waals surface area contributed by atoms with Crippen LogP contribution in [0.5, 0.6) is 0 Å². The highest BCUT2D eigenvalue weighted by Gasteiger charge is 2.22. The molecule has 34 heavy (non-hydrogen) atoms. The van der Waals surface area contributed by atoms with E-state index in [1.165, 1.54) is 0 Å².